The predicted octanol–water partition coefficient (Wildman–Crippen LogP) is 2.80. The van der Waals surface area contributed by atoms with Crippen LogP contribution in [0.1, 0.15) is 24.2 Å². The number of hydrogen-bond donors (Lipinski definition) is 0. The van der Waals surface area contributed by atoms with Crippen molar-refractivity contribution in [2.45, 2.75) is 24.3 Å². The van der Waals surface area contributed by atoms with Gasteiger partial charge >= 0.3 is 0 Å². The number of fused-ring (bicyclic) bond motifs is 1. The summed E-state index contributed by atoms with van der Waals surface area (Å²) in [4.78, 5) is 11.6. The summed E-state index contributed by atoms with van der Waals surface area (Å²) < 4.78 is 5.73. The molecule has 1 heterocycles. The van der Waals surface area contributed by atoms with Gasteiger partial charge in [0, 0.05) is 0 Å². The molecule has 0 amide bonds. The number of hydrogen-bond acceptors (Lipinski definition) is 2. The highest BCUT2D eigenvalue weighted by molar-refractivity contribution is 9.10. The molecule has 3 heteroatoms. The Hall–Kier alpha value is -0.830. The van der Waals surface area contributed by atoms with Gasteiger partial charge in [0.1, 0.15) is 16.2 Å². The van der Waals surface area contributed by atoms with E-state index in [1.54, 1.807) is 6.07 Å². The largest absolute Gasteiger partial charge is 0.485 e. The van der Waals surface area contributed by atoms with E-state index in [0.29, 0.717) is 11.3 Å². The number of ether oxygens (including phenoxy) is 1. The van der Waals surface area contributed by atoms with E-state index < -0.39 is 5.60 Å². The maximum Gasteiger partial charge on any atom is 0.184 e. The Morgan fingerprint density at radius 3 is 2.71 bits per heavy atom. The summed E-state index contributed by atoms with van der Waals surface area (Å²) in [5, 5.41) is 0. The van der Waals surface area contributed by atoms with Gasteiger partial charge in [0.15, 0.2) is 5.78 Å². The Morgan fingerprint density at radius 1 is 1.36 bits per heavy atom. The second-order valence-corrected chi connectivity index (χ2v) is 4.84. The Morgan fingerprint density at radius 2 is 2.00 bits per heavy atom. The maximum absolute atomic E-state index is 11.9. The van der Waals surface area contributed by atoms with Gasteiger partial charge in [0.05, 0.1) is 5.56 Å². The van der Waals surface area contributed by atoms with Crippen LogP contribution in [0.15, 0.2) is 24.3 Å². The molecule has 74 valence electrons. The summed E-state index contributed by atoms with van der Waals surface area (Å²) in [5.41, 5.74) is 0.180. The minimum atomic E-state index is -0.481. The Labute approximate surface area is 91.4 Å². The molecule has 1 aromatic carbocycles. The molecule has 0 aliphatic carbocycles. The minimum Gasteiger partial charge on any atom is -0.485 e. The van der Waals surface area contributed by atoms with Crippen molar-refractivity contribution in [2.24, 2.45) is 0 Å². The van der Waals surface area contributed by atoms with Crippen molar-refractivity contribution >= 4 is 21.7 Å². The predicted molar refractivity (Wildman–Crippen MR) is 58.2 cm³/mol. The van der Waals surface area contributed by atoms with Crippen molar-refractivity contribution in [3.8, 4) is 5.75 Å². The van der Waals surface area contributed by atoms with E-state index in [0.717, 1.165) is 0 Å². The molecule has 2 rings (SSSR count). The smallest absolute Gasteiger partial charge is 0.184 e. The van der Waals surface area contributed by atoms with E-state index in [1.165, 1.54) is 0 Å². The molecule has 0 radical (unpaired) electrons. The van der Waals surface area contributed by atoms with Crippen molar-refractivity contribution in [2.75, 3.05) is 0 Å². The topological polar surface area (TPSA) is 26.3 Å². The van der Waals surface area contributed by atoms with Crippen molar-refractivity contribution < 1.29 is 9.53 Å². The van der Waals surface area contributed by atoms with Crippen LogP contribution in [0.25, 0.3) is 0 Å². The molecule has 0 saturated carbocycles. The zero-order chi connectivity index (χ0) is 10.3. The molecule has 0 fully saturated rings. The van der Waals surface area contributed by atoms with E-state index in [-0.39, 0.29) is 10.6 Å². The maximum atomic E-state index is 11.9. The Bertz CT molecular complexity index is 385. The first kappa shape index (κ1) is 9.71. The molecule has 0 unspecified atom stereocenters. The van der Waals surface area contributed by atoms with Crippen LogP contribution in [0.3, 0.4) is 0 Å². The summed E-state index contributed by atoms with van der Waals surface area (Å²) in [5.74, 6) is 0.773. The van der Waals surface area contributed by atoms with E-state index >= 15 is 0 Å². The summed E-state index contributed by atoms with van der Waals surface area (Å²) >= 11 is 3.37. The number of benzene rings is 1. The van der Waals surface area contributed by atoms with Gasteiger partial charge in [-0.25, -0.2) is 0 Å². The van der Waals surface area contributed by atoms with Gasteiger partial charge in [-0.1, -0.05) is 28.1 Å². The average Bonchev–Trinajstić information content (AvgIpc) is 2.14. The lowest BCUT2D eigenvalue weighted by Crippen LogP contribution is -2.46. The monoisotopic (exact) mass is 254 g/mol. The highest BCUT2D eigenvalue weighted by Gasteiger charge is 2.41. The number of halogens is 1. The van der Waals surface area contributed by atoms with Gasteiger partial charge in [-0.3, -0.25) is 4.79 Å². The highest BCUT2D eigenvalue weighted by atomic mass is 79.9. The quantitative estimate of drug-likeness (QED) is 0.666. The molecular formula is C11H11BrO2. The number of carbonyl (C=O) groups excluding carboxylic acids is 1. The minimum absolute atomic E-state index is 0.0943. The fourth-order valence-electron chi connectivity index (χ4n) is 1.55. The second-order valence-electron chi connectivity index (χ2n) is 3.93. The number of carbonyl (C=O) groups is 1. The van der Waals surface area contributed by atoms with Crippen LogP contribution >= 0.6 is 15.9 Å². The van der Waals surface area contributed by atoms with Crippen molar-refractivity contribution in [3.63, 3.8) is 0 Å². The first-order valence-corrected chi connectivity index (χ1v) is 5.40. The van der Waals surface area contributed by atoms with Gasteiger partial charge in [0.2, 0.25) is 0 Å². The number of rotatable bonds is 0. The first-order chi connectivity index (χ1) is 6.52. The summed E-state index contributed by atoms with van der Waals surface area (Å²) in [6.45, 7) is 3.81. The van der Waals surface area contributed by atoms with Crippen LogP contribution in [0.5, 0.6) is 5.75 Å². The fourth-order valence-corrected chi connectivity index (χ4v) is 1.89. The number of ketones is 1. The molecule has 0 spiro atoms. The molecule has 1 atom stereocenters. The third-order valence-electron chi connectivity index (χ3n) is 2.37. The normalized spacial score (nSPS) is 23.9. The zero-order valence-corrected chi connectivity index (χ0v) is 9.67. The van der Waals surface area contributed by atoms with Crippen LogP contribution in [0.4, 0.5) is 0 Å². The Balaban J connectivity index is 2.54. The van der Waals surface area contributed by atoms with E-state index in [4.69, 9.17) is 4.74 Å². The van der Waals surface area contributed by atoms with Gasteiger partial charge in [-0.05, 0) is 26.0 Å². The summed E-state index contributed by atoms with van der Waals surface area (Å²) in [7, 11) is 0. The van der Waals surface area contributed by atoms with Crippen LogP contribution in [0.2, 0.25) is 0 Å². The molecule has 0 N–H and O–H groups in total. The fraction of sp³-hybridized carbons (Fsp3) is 0.364. The van der Waals surface area contributed by atoms with E-state index in [9.17, 15) is 4.79 Å². The molecule has 1 aliphatic heterocycles. The van der Waals surface area contributed by atoms with Crippen LogP contribution in [-0.2, 0) is 0 Å². The number of Topliss-reactive ketones (excluding diaryl/α,β-unsaturated/α-hetero) is 1. The van der Waals surface area contributed by atoms with Gasteiger partial charge in [0.25, 0.3) is 0 Å². The highest BCUT2D eigenvalue weighted by Crippen LogP contribution is 2.36. The number of alkyl halides is 1. The SMILES string of the molecule is CC1(C)Oc2ccccc2C(=O)[C@H]1Br. The Kier molecular flexibility index (Phi) is 2.14. The van der Waals surface area contributed by atoms with Crippen LogP contribution in [0, 0.1) is 0 Å². The van der Waals surface area contributed by atoms with E-state index in [1.807, 2.05) is 32.0 Å². The molecule has 0 aromatic heterocycles. The van der Waals surface area contributed by atoms with Crippen LogP contribution in [-0.4, -0.2) is 16.2 Å². The standard InChI is InChI=1S/C11H11BrO2/c1-11(2)10(12)9(13)7-5-3-4-6-8(7)14-11/h3-6,10H,1-2H3/t10-/m1/s1. The molecule has 2 nitrogen and oxygen atoms in total. The molecule has 1 aromatic rings. The lowest BCUT2D eigenvalue weighted by molar-refractivity contribution is 0.0668. The molecule has 0 saturated heterocycles. The molecular weight excluding hydrogens is 244 g/mol. The zero-order valence-electron chi connectivity index (χ0n) is 8.08. The van der Waals surface area contributed by atoms with Gasteiger partial charge in [-0.15, -0.1) is 0 Å². The molecule has 14 heavy (non-hydrogen) atoms. The van der Waals surface area contributed by atoms with Gasteiger partial charge < -0.3 is 4.74 Å². The second kappa shape index (κ2) is 3.09. The van der Waals surface area contributed by atoms with Crippen LogP contribution < -0.4 is 4.74 Å². The number of para-hydroxylation sites is 1. The lowest BCUT2D eigenvalue weighted by Gasteiger charge is -2.35. The third kappa shape index (κ3) is 1.36. The van der Waals surface area contributed by atoms with Crippen molar-refractivity contribution in [1.82, 2.24) is 0 Å². The first-order valence-electron chi connectivity index (χ1n) is 4.49. The summed E-state index contributed by atoms with van der Waals surface area (Å²) in [6, 6.07) is 7.34. The van der Waals surface area contributed by atoms with Crippen molar-refractivity contribution in [3.05, 3.63) is 29.8 Å². The molecule has 0 bridgehead atoms. The molecule has 1 aliphatic rings. The summed E-state index contributed by atoms with van der Waals surface area (Å²) in [6.07, 6.45) is 0. The van der Waals surface area contributed by atoms with Gasteiger partial charge in [-0.2, -0.15) is 0 Å². The van der Waals surface area contributed by atoms with Crippen molar-refractivity contribution in [1.29, 1.82) is 0 Å². The average molecular weight is 255 g/mol. The van der Waals surface area contributed by atoms with E-state index in [2.05, 4.69) is 15.9 Å². The lowest BCUT2D eigenvalue weighted by atomic mass is 9.93. The third-order valence-corrected chi connectivity index (χ3v) is 3.88.